The SMILES string of the molecule is CCC(C)(C)CNC(=O)Nc1ncn(C(C)(C)C)n1. The Morgan fingerprint density at radius 3 is 2.42 bits per heavy atom. The molecule has 108 valence electrons. The highest BCUT2D eigenvalue weighted by molar-refractivity contribution is 5.87. The summed E-state index contributed by atoms with van der Waals surface area (Å²) in [6.45, 7) is 13.0. The third-order valence-electron chi connectivity index (χ3n) is 3.09. The van der Waals surface area contributed by atoms with Gasteiger partial charge in [-0.2, -0.15) is 0 Å². The number of nitrogens with one attached hydrogen (secondary N) is 2. The van der Waals surface area contributed by atoms with E-state index in [0.717, 1.165) is 6.42 Å². The lowest BCUT2D eigenvalue weighted by Gasteiger charge is -2.22. The summed E-state index contributed by atoms with van der Waals surface area (Å²) >= 11 is 0. The van der Waals surface area contributed by atoms with Crippen LogP contribution in [0.5, 0.6) is 0 Å². The van der Waals surface area contributed by atoms with Gasteiger partial charge in [0.05, 0.1) is 5.54 Å². The van der Waals surface area contributed by atoms with Crippen molar-refractivity contribution in [2.24, 2.45) is 5.41 Å². The minimum Gasteiger partial charge on any atom is -0.337 e. The second-order valence-corrected chi connectivity index (χ2v) is 6.51. The van der Waals surface area contributed by atoms with E-state index in [1.807, 2.05) is 20.8 Å². The topological polar surface area (TPSA) is 71.8 Å². The molecular weight excluding hydrogens is 242 g/mol. The number of carbonyl (C=O) groups excluding carboxylic acids is 1. The molecular formula is C13H25N5O. The lowest BCUT2D eigenvalue weighted by Crippen LogP contribution is -2.36. The molecule has 0 aliphatic heterocycles. The maximum absolute atomic E-state index is 11.7. The lowest BCUT2D eigenvalue weighted by molar-refractivity contribution is 0.243. The Morgan fingerprint density at radius 1 is 1.32 bits per heavy atom. The van der Waals surface area contributed by atoms with E-state index in [4.69, 9.17) is 0 Å². The fraction of sp³-hybridized carbons (Fsp3) is 0.769. The van der Waals surface area contributed by atoms with Gasteiger partial charge in [0.15, 0.2) is 0 Å². The molecule has 0 radical (unpaired) electrons. The van der Waals surface area contributed by atoms with Crippen LogP contribution < -0.4 is 10.6 Å². The first-order valence-corrected chi connectivity index (χ1v) is 6.61. The van der Waals surface area contributed by atoms with E-state index in [0.29, 0.717) is 12.5 Å². The summed E-state index contributed by atoms with van der Waals surface area (Å²) < 4.78 is 1.72. The molecule has 6 nitrogen and oxygen atoms in total. The molecule has 1 aromatic rings. The number of rotatable bonds is 4. The smallest absolute Gasteiger partial charge is 0.321 e. The second-order valence-electron chi connectivity index (χ2n) is 6.51. The van der Waals surface area contributed by atoms with E-state index in [9.17, 15) is 4.79 Å². The number of nitrogens with zero attached hydrogens (tertiary/aromatic N) is 3. The molecule has 2 N–H and O–H groups in total. The third kappa shape index (κ3) is 4.89. The number of hydrogen-bond acceptors (Lipinski definition) is 3. The Morgan fingerprint density at radius 2 is 1.95 bits per heavy atom. The normalized spacial score (nSPS) is 12.3. The van der Waals surface area contributed by atoms with Crippen molar-refractivity contribution in [1.29, 1.82) is 0 Å². The van der Waals surface area contributed by atoms with Crippen LogP contribution in [0.3, 0.4) is 0 Å². The van der Waals surface area contributed by atoms with Gasteiger partial charge in [-0.15, -0.1) is 5.10 Å². The average molecular weight is 267 g/mol. The maximum atomic E-state index is 11.7. The molecule has 0 aliphatic carbocycles. The number of anilines is 1. The standard InChI is InChI=1S/C13H25N5O/c1-7-13(5,6)8-14-11(19)16-10-15-9-18(17-10)12(2,3)4/h9H,7-8H2,1-6H3,(H2,14,16,17,19). The average Bonchev–Trinajstić information content (AvgIpc) is 2.75. The van der Waals surface area contributed by atoms with Gasteiger partial charge < -0.3 is 5.32 Å². The number of carbonyl (C=O) groups is 1. The number of aromatic nitrogens is 3. The number of hydrogen-bond donors (Lipinski definition) is 2. The van der Waals surface area contributed by atoms with Crippen LogP contribution in [0.25, 0.3) is 0 Å². The van der Waals surface area contributed by atoms with E-state index in [1.165, 1.54) is 0 Å². The fourth-order valence-electron chi connectivity index (χ4n) is 1.23. The van der Waals surface area contributed by atoms with Gasteiger partial charge in [0, 0.05) is 6.54 Å². The highest BCUT2D eigenvalue weighted by atomic mass is 16.2. The summed E-state index contributed by atoms with van der Waals surface area (Å²) in [4.78, 5) is 15.8. The number of amides is 2. The molecule has 6 heteroatoms. The minimum absolute atomic E-state index is 0.0928. The zero-order valence-corrected chi connectivity index (χ0v) is 12.7. The molecule has 2 amide bonds. The maximum Gasteiger partial charge on any atom is 0.321 e. The van der Waals surface area contributed by atoms with Gasteiger partial charge in [-0.1, -0.05) is 20.8 Å². The molecule has 0 unspecified atom stereocenters. The van der Waals surface area contributed by atoms with Gasteiger partial charge in [-0.3, -0.25) is 5.32 Å². The molecule has 0 bridgehead atoms. The molecule has 0 saturated heterocycles. The Bertz CT molecular complexity index is 430. The molecule has 0 spiro atoms. The van der Waals surface area contributed by atoms with Crippen LogP contribution in [0.4, 0.5) is 10.7 Å². The Balaban J connectivity index is 2.52. The van der Waals surface area contributed by atoms with Crippen molar-refractivity contribution in [3.8, 4) is 0 Å². The summed E-state index contributed by atoms with van der Waals surface area (Å²) in [5, 5.41) is 9.69. The van der Waals surface area contributed by atoms with Crippen molar-refractivity contribution < 1.29 is 4.79 Å². The molecule has 0 atom stereocenters. The van der Waals surface area contributed by atoms with E-state index in [2.05, 4.69) is 41.5 Å². The molecule has 0 aromatic carbocycles. The molecule has 0 fully saturated rings. The van der Waals surface area contributed by atoms with Crippen LogP contribution in [0, 0.1) is 5.41 Å². The first-order chi connectivity index (χ1) is 8.64. The fourth-order valence-corrected chi connectivity index (χ4v) is 1.23. The van der Waals surface area contributed by atoms with Gasteiger partial charge in [-0.05, 0) is 32.6 Å². The van der Waals surface area contributed by atoms with Crippen LogP contribution in [0.1, 0.15) is 48.0 Å². The summed E-state index contributed by atoms with van der Waals surface area (Å²) in [6.07, 6.45) is 2.62. The van der Waals surface area contributed by atoms with E-state index < -0.39 is 0 Å². The molecule has 19 heavy (non-hydrogen) atoms. The van der Waals surface area contributed by atoms with Crippen molar-refractivity contribution >= 4 is 12.0 Å². The zero-order chi connectivity index (χ0) is 14.7. The largest absolute Gasteiger partial charge is 0.337 e. The predicted molar refractivity (Wildman–Crippen MR) is 76.1 cm³/mol. The van der Waals surface area contributed by atoms with E-state index in [-0.39, 0.29) is 17.0 Å². The monoisotopic (exact) mass is 267 g/mol. The molecule has 1 rings (SSSR count). The van der Waals surface area contributed by atoms with Crippen molar-refractivity contribution in [2.75, 3.05) is 11.9 Å². The highest BCUT2D eigenvalue weighted by Crippen LogP contribution is 2.17. The summed E-state index contributed by atoms with van der Waals surface area (Å²) in [6, 6.07) is -0.270. The van der Waals surface area contributed by atoms with Crippen molar-refractivity contribution in [3.63, 3.8) is 0 Å². The van der Waals surface area contributed by atoms with Gasteiger partial charge in [0.2, 0.25) is 5.95 Å². The third-order valence-corrected chi connectivity index (χ3v) is 3.09. The quantitative estimate of drug-likeness (QED) is 0.880. The van der Waals surface area contributed by atoms with Gasteiger partial charge in [0.1, 0.15) is 6.33 Å². The van der Waals surface area contributed by atoms with Crippen molar-refractivity contribution in [2.45, 2.75) is 53.5 Å². The predicted octanol–water partition coefficient (Wildman–Crippen LogP) is 2.59. The number of urea groups is 1. The Hall–Kier alpha value is -1.59. The summed E-state index contributed by atoms with van der Waals surface area (Å²) in [7, 11) is 0. The van der Waals surface area contributed by atoms with Crippen molar-refractivity contribution in [1.82, 2.24) is 20.1 Å². The molecule has 0 saturated carbocycles. The molecule has 1 heterocycles. The lowest BCUT2D eigenvalue weighted by atomic mass is 9.90. The van der Waals surface area contributed by atoms with Gasteiger partial charge >= 0.3 is 6.03 Å². The van der Waals surface area contributed by atoms with Gasteiger partial charge in [-0.25, -0.2) is 14.5 Å². The second kappa shape index (κ2) is 5.59. The Labute approximate surface area is 115 Å². The molecule has 0 aliphatic rings. The minimum atomic E-state index is -0.270. The van der Waals surface area contributed by atoms with Crippen LogP contribution in [-0.4, -0.2) is 27.3 Å². The zero-order valence-electron chi connectivity index (χ0n) is 12.7. The van der Waals surface area contributed by atoms with Crippen LogP contribution in [0.15, 0.2) is 6.33 Å². The molecule has 1 aromatic heterocycles. The summed E-state index contributed by atoms with van der Waals surface area (Å²) in [5.74, 6) is 0.321. The first-order valence-electron chi connectivity index (χ1n) is 6.61. The van der Waals surface area contributed by atoms with Gasteiger partial charge in [0.25, 0.3) is 0 Å². The summed E-state index contributed by atoms with van der Waals surface area (Å²) in [5.41, 5.74) is -0.0524. The van der Waals surface area contributed by atoms with E-state index >= 15 is 0 Å². The van der Waals surface area contributed by atoms with Crippen molar-refractivity contribution in [3.05, 3.63) is 6.33 Å². The van der Waals surface area contributed by atoms with Crippen LogP contribution in [0.2, 0.25) is 0 Å². The Kier molecular flexibility index (Phi) is 4.55. The highest BCUT2D eigenvalue weighted by Gasteiger charge is 2.18. The van der Waals surface area contributed by atoms with Crippen LogP contribution >= 0.6 is 0 Å². The first kappa shape index (κ1) is 15.5. The van der Waals surface area contributed by atoms with Crippen LogP contribution in [-0.2, 0) is 5.54 Å². The van der Waals surface area contributed by atoms with E-state index in [1.54, 1.807) is 11.0 Å².